The van der Waals surface area contributed by atoms with Gasteiger partial charge in [-0.15, -0.1) is 0 Å². The summed E-state index contributed by atoms with van der Waals surface area (Å²) < 4.78 is 28.7. The maximum absolute atomic E-state index is 12.9. The van der Waals surface area contributed by atoms with Gasteiger partial charge in [-0.2, -0.15) is 0 Å². The second-order valence-electron chi connectivity index (χ2n) is 9.93. The van der Waals surface area contributed by atoms with Gasteiger partial charge >= 0.3 is 6.09 Å². The molecule has 2 aliphatic heterocycles. The molecule has 1 aliphatic carbocycles. The van der Waals surface area contributed by atoms with Crippen LogP contribution < -0.4 is 0 Å². The number of carbonyl (C=O) groups is 1. The minimum Gasteiger partial charge on any atom is -0.591 e. The zero-order chi connectivity index (χ0) is 22.9. The monoisotopic (exact) mass is 463 g/mol. The lowest BCUT2D eigenvalue weighted by molar-refractivity contribution is -0.169. The molecule has 2 fully saturated rings. The molecule has 9 heteroatoms. The fourth-order valence-corrected chi connectivity index (χ4v) is 5.33. The summed E-state index contributed by atoms with van der Waals surface area (Å²) in [7, 11) is 0. The van der Waals surface area contributed by atoms with Crippen LogP contribution in [-0.2, 0) is 33.9 Å². The Balaban J connectivity index is 1.58. The number of piperidine rings is 1. The van der Waals surface area contributed by atoms with Gasteiger partial charge in [0.2, 0.25) is 0 Å². The first-order valence-corrected chi connectivity index (χ1v) is 12.5. The van der Waals surface area contributed by atoms with Crippen LogP contribution in [0.1, 0.15) is 69.8 Å². The van der Waals surface area contributed by atoms with Crippen molar-refractivity contribution in [1.29, 1.82) is 0 Å². The number of amides is 1. The van der Waals surface area contributed by atoms with Crippen LogP contribution in [0.2, 0.25) is 0 Å². The molecule has 0 bridgehead atoms. The number of fused-ring (bicyclic) bond motifs is 1. The molecule has 4 rings (SSSR count). The van der Waals surface area contributed by atoms with Gasteiger partial charge in [-0.05, 0) is 65.0 Å². The quantitative estimate of drug-likeness (QED) is 0.683. The zero-order valence-electron chi connectivity index (χ0n) is 19.1. The highest BCUT2D eigenvalue weighted by Gasteiger charge is 2.48. The summed E-state index contributed by atoms with van der Waals surface area (Å²) in [6.07, 6.45) is 4.02. The van der Waals surface area contributed by atoms with Gasteiger partial charge in [0.25, 0.3) is 0 Å². The van der Waals surface area contributed by atoms with E-state index in [0.29, 0.717) is 39.0 Å². The summed E-state index contributed by atoms with van der Waals surface area (Å²) in [5, 5.41) is 9.37. The van der Waals surface area contributed by atoms with Crippen LogP contribution in [0.4, 0.5) is 4.79 Å². The number of pyridine rings is 1. The molecule has 1 aromatic heterocycles. The standard InChI is InChI=1S/C23H33N3O5S/c1-22(2,3)32(29)25-20-17-8-7-16(15-31-19-6-4-5-13-30-19)24-18(17)14-23(20)9-11-26(12-10-23)21(27)28/h7-8,19H,4-6,9-15H2,1-3H3,(H,27,28)/b25-20+/t19-,32-/m1/s1. The molecule has 1 N–H and O–H groups in total. The van der Waals surface area contributed by atoms with Crippen molar-refractivity contribution < 1.29 is 23.9 Å². The Morgan fingerprint density at radius 1 is 1.38 bits per heavy atom. The first-order valence-electron chi connectivity index (χ1n) is 11.4. The predicted octanol–water partition coefficient (Wildman–Crippen LogP) is 3.69. The molecule has 8 nitrogen and oxygen atoms in total. The van der Waals surface area contributed by atoms with E-state index in [1.807, 2.05) is 32.9 Å². The summed E-state index contributed by atoms with van der Waals surface area (Å²) in [4.78, 5) is 17.7. The Bertz CT molecular complexity index is 871. The number of nitrogens with zero attached hydrogens (tertiary/aromatic N) is 3. The van der Waals surface area contributed by atoms with Crippen molar-refractivity contribution in [3.05, 3.63) is 29.1 Å². The first kappa shape index (κ1) is 23.5. The fourth-order valence-electron chi connectivity index (χ4n) is 4.59. The van der Waals surface area contributed by atoms with Gasteiger partial charge in [0, 0.05) is 37.1 Å². The molecule has 0 saturated carbocycles. The molecule has 0 radical (unpaired) electrons. The van der Waals surface area contributed by atoms with Gasteiger partial charge < -0.3 is 24.0 Å². The Hall–Kier alpha value is -1.68. The summed E-state index contributed by atoms with van der Waals surface area (Å²) in [5.41, 5.74) is 3.21. The normalized spacial score (nSPS) is 25.2. The van der Waals surface area contributed by atoms with E-state index in [1.165, 1.54) is 4.90 Å². The molecule has 3 heterocycles. The number of likely N-dealkylation sites (tertiary alicyclic amines) is 1. The number of hydrogen-bond donors (Lipinski definition) is 1. The van der Waals surface area contributed by atoms with Gasteiger partial charge in [0.05, 0.1) is 18.0 Å². The Labute approximate surface area is 192 Å². The van der Waals surface area contributed by atoms with Crippen LogP contribution in [-0.4, -0.2) is 62.1 Å². The largest absolute Gasteiger partial charge is 0.591 e. The van der Waals surface area contributed by atoms with Gasteiger partial charge in [0.15, 0.2) is 6.29 Å². The van der Waals surface area contributed by atoms with Crippen molar-refractivity contribution in [3.63, 3.8) is 0 Å². The number of carboxylic acid groups (broad SMARTS) is 1. The molecular weight excluding hydrogens is 430 g/mol. The van der Waals surface area contributed by atoms with Crippen LogP contribution in [0, 0.1) is 5.41 Å². The lowest BCUT2D eigenvalue weighted by Crippen LogP contribution is -2.45. The lowest BCUT2D eigenvalue weighted by atomic mass is 9.75. The van der Waals surface area contributed by atoms with Crippen LogP contribution >= 0.6 is 0 Å². The van der Waals surface area contributed by atoms with Gasteiger partial charge in [-0.3, -0.25) is 4.98 Å². The van der Waals surface area contributed by atoms with Crippen LogP contribution in [0.25, 0.3) is 0 Å². The maximum atomic E-state index is 12.9. The number of ether oxygens (including phenoxy) is 2. The van der Waals surface area contributed by atoms with E-state index in [0.717, 1.165) is 48.5 Å². The second kappa shape index (κ2) is 9.29. The molecule has 1 spiro atoms. The average molecular weight is 464 g/mol. The molecule has 0 aromatic carbocycles. The Kier molecular flexibility index (Phi) is 6.81. The summed E-state index contributed by atoms with van der Waals surface area (Å²) in [6.45, 7) is 7.75. The van der Waals surface area contributed by atoms with Crippen molar-refractivity contribution >= 4 is 23.2 Å². The van der Waals surface area contributed by atoms with Crippen molar-refractivity contribution in [3.8, 4) is 0 Å². The maximum Gasteiger partial charge on any atom is 0.407 e. The molecular formula is C23H33N3O5S. The first-order chi connectivity index (χ1) is 15.2. The highest BCUT2D eigenvalue weighted by Crippen LogP contribution is 2.45. The summed E-state index contributed by atoms with van der Waals surface area (Å²) in [5.74, 6) is 0. The van der Waals surface area contributed by atoms with Crippen LogP contribution in [0.3, 0.4) is 0 Å². The third-order valence-corrected chi connectivity index (χ3v) is 7.94. The molecule has 2 atom stereocenters. The molecule has 32 heavy (non-hydrogen) atoms. The summed E-state index contributed by atoms with van der Waals surface area (Å²) in [6, 6.07) is 3.96. The van der Waals surface area contributed by atoms with E-state index in [-0.39, 0.29) is 11.7 Å². The van der Waals surface area contributed by atoms with Gasteiger partial charge in [0.1, 0.15) is 21.8 Å². The van der Waals surface area contributed by atoms with E-state index in [9.17, 15) is 14.5 Å². The molecule has 0 unspecified atom stereocenters. The Morgan fingerprint density at radius 2 is 2.12 bits per heavy atom. The minimum atomic E-state index is -1.40. The average Bonchev–Trinajstić information content (AvgIpc) is 3.04. The number of rotatable bonds is 4. The van der Waals surface area contributed by atoms with Crippen LogP contribution in [0.15, 0.2) is 16.5 Å². The third kappa shape index (κ3) is 4.95. The molecule has 1 amide bonds. The number of aromatic nitrogens is 1. The topological polar surface area (TPSA) is 107 Å². The number of hydrogen-bond acceptors (Lipinski definition) is 6. The van der Waals surface area contributed by atoms with E-state index in [1.54, 1.807) is 0 Å². The molecule has 3 aliphatic rings. The SMILES string of the molecule is CC(C)(C)[S@@+]([O-])/N=C1\c2ccc(CO[C@@H]3CCCCO3)nc2CC12CCN(C(=O)O)CC2. The fraction of sp³-hybridized carbons (Fsp3) is 0.696. The molecule has 2 saturated heterocycles. The third-order valence-electron chi connectivity index (χ3n) is 6.54. The van der Waals surface area contributed by atoms with Crippen LogP contribution in [0.5, 0.6) is 0 Å². The Morgan fingerprint density at radius 3 is 2.75 bits per heavy atom. The van der Waals surface area contributed by atoms with Crippen molar-refractivity contribution in [2.24, 2.45) is 9.81 Å². The van der Waals surface area contributed by atoms with E-state index in [2.05, 4.69) is 0 Å². The zero-order valence-corrected chi connectivity index (χ0v) is 19.9. The van der Waals surface area contributed by atoms with Gasteiger partial charge in [-0.1, -0.05) is 4.40 Å². The van der Waals surface area contributed by atoms with E-state index in [4.69, 9.17) is 18.9 Å². The smallest absolute Gasteiger partial charge is 0.407 e. The lowest BCUT2D eigenvalue weighted by Gasteiger charge is -2.38. The van der Waals surface area contributed by atoms with Crippen molar-refractivity contribution in [2.75, 3.05) is 19.7 Å². The summed E-state index contributed by atoms with van der Waals surface area (Å²) >= 11 is -1.40. The van der Waals surface area contributed by atoms with Gasteiger partial charge in [-0.25, -0.2) is 4.79 Å². The van der Waals surface area contributed by atoms with Crippen molar-refractivity contribution in [2.45, 2.75) is 76.9 Å². The highest BCUT2D eigenvalue weighted by molar-refractivity contribution is 7.91. The van der Waals surface area contributed by atoms with E-state index < -0.39 is 22.2 Å². The predicted molar refractivity (Wildman–Crippen MR) is 122 cm³/mol. The molecule has 176 valence electrons. The highest BCUT2D eigenvalue weighted by atomic mass is 32.2. The second-order valence-corrected chi connectivity index (χ2v) is 11.8. The minimum absolute atomic E-state index is 0.170. The van der Waals surface area contributed by atoms with Crippen molar-refractivity contribution in [1.82, 2.24) is 9.88 Å². The molecule has 1 aromatic rings. The van der Waals surface area contributed by atoms with E-state index >= 15 is 0 Å².